The molecule has 0 saturated carbocycles. The Morgan fingerprint density at radius 2 is 1.80 bits per heavy atom. The van der Waals surface area contributed by atoms with E-state index in [9.17, 15) is 0 Å². The maximum atomic E-state index is 7.60. The van der Waals surface area contributed by atoms with E-state index in [-0.39, 0.29) is 29.6 Å². The maximum absolute atomic E-state index is 7.60. The Kier molecular flexibility index (Phi) is 9.65. The minimum Gasteiger partial charge on any atom is -0.528 e. The van der Waals surface area contributed by atoms with Crippen molar-refractivity contribution in [3.05, 3.63) is 0 Å². The molecular formula is CHNaOS2. The second-order valence-corrected chi connectivity index (χ2v) is 1.30. The summed E-state index contributed by atoms with van der Waals surface area (Å²) < 4.78 is -0.417. The monoisotopic (exact) mass is 116 g/mol. The molecule has 0 fully saturated rings. The van der Waals surface area contributed by atoms with Crippen molar-refractivity contribution in [1.29, 1.82) is 0 Å². The first kappa shape index (κ1) is 9.44. The van der Waals surface area contributed by atoms with Gasteiger partial charge in [-0.05, 0) is 0 Å². The molecule has 0 aromatic rings. The minimum absolute atomic E-state index is 0. The Morgan fingerprint density at radius 3 is 1.80 bits per heavy atom. The predicted molar refractivity (Wildman–Crippen MR) is 22.6 cm³/mol. The van der Waals surface area contributed by atoms with Crippen LogP contribution in [0.2, 0.25) is 0 Å². The summed E-state index contributed by atoms with van der Waals surface area (Å²) in [5.74, 6) is 0. The van der Waals surface area contributed by atoms with Crippen LogP contribution in [0.4, 0.5) is 0 Å². The van der Waals surface area contributed by atoms with E-state index in [1.807, 2.05) is 0 Å². The SMILES string of the molecule is OC(=S)[S-].[Na+]. The van der Waals surface area contributed by atoms with E-state index < -0.39 is 4.38 Å². The van der Waals surface area contributed by atoms with E-state index in [0.29, 0.717) is 0 Å². The third-order valence-corrected chi connectivity index (χ3v) is 0. The Bertz CT molecular complexity index is 32.6. The zero-order chi connectivity index (χ0) is 3.58. The van der Waals surface area contributed by atoms with Gasteiger partial charge in [0, 0.05) is 4.38 Å². The fourth-order valence-electron chi connectivity index (χ4n) is 0. The van der Waals surface area contributed by atoms with Crippen molar-refractivity contribution in [2.75, 3.05) is 0 Å². The Morgan fingerprint density at radius 1 is 1.80 bits per heavy atom. The average molecular weight is 116 g/mol. The summed E-state index contributed by atoms with van der Waals surface area (Å²) in [5, 5.41) is 7.60. The molecule has 0 heterocycles. The van der Waals surface area contributed by atoms with E-state index in [2.05, 4.69) is 24.8 Å². The topological polar surface area (TPSA) is 20.2 Å². The molecule has 0 unspecified atom stereocenters. The van der Waals surface area contributed by atoms with Crippen LogP contribution in [-0.2, 0) is 12.6 Å². The summed E-state index contributed by atoms with van der Waals surface area (Å²) in [4.78, 5) is 0. The zero-order valence-corrected chi connectivity index (χ0v) is 6.40. The summed E-state index contributed by atoms with van der Waals surface area (Å²) in [6, 6.07) is 0. The molecule has 0 amide bonds. The first-order chi connectivity index (χ1) is 1.73. The smallest absolute Gasteiger partial charge is 0.528 e. The normalized spacial score (nSPS) is 4.80. The van der Waals surface area contributed by atoms with Gasteiger partial charge in [-0.25, -0.2) is 0 Å². The van der Waals surface area contributed by atoms with Gasteiger partial charge in [0.15, 0.2) is 0 Å². The van der Waals surface area contributed by atoms with Gasteiger partial charge in [-0.1, -0.05) is 0 Å². The van der Waals surface area contributed by atoms with E-state index >= 15 is 0 Å². The van der Waals surface area contributed by atoms with Gasteiger partial charge in [0.2, 0.25) is 0 Å². The van der Waals surface area contributed by atoms with Crippen molar-refractivity contribution in [2.45, 2.75) is 0 Å². The largest absolute Gasteiger partial charge is 1.00 e. The molecule has 5 heavy (non-hydrogen) atoms. The third kappa shape index (κ3) is 40.1. The van der Waals surface area contributed by atoms with Gasteiger partial charge < -0.3 is 30.0 Å². The zero-order valence-electron chi connectivity index (χ0n) is 2.76. The molecule has 0 atom stereocenters. The number of hydrogen-bond donors (Lipinski definition) is 1. The number of thiocarbonyl (C=S) groups is 1. The standard InChI is InChI=1S/CH2OS2.Na/c2-1(3)4;/h(H2,2,3,4);/q;+1/p-1. The Balaban J connectivity index is 0. The van der Waals surface area contributed by atoms with Crippen molar-refractivity contribution in [1.82, 2.24) is 0 Å². The fourth-order valence-corrected chi connectivity index (χ4v) is 0. The van der Waals surface area contributed by atoms with E-state index in [1.165, 1.54) is 0 Å². The third-order valence-electron chi connectivity index (χ3n) is 0. The van der Waals surface area contributed by atoms with E-state index in [0.717, 1.165) is 0 Å². The van der Waals surface area contributed by atoms with Gasteiger partial charge in [-0.2, -0.15) is 0 Å². The van der Waals surface area contributed by atoms with Crippen LogP contribution < -0.4 is 29.6 Å². The van der Waals surface area contributed by atoms with Crippen LogP contribution in [-0.4, -0.2) is 9.49 Å². The molecule has 0 aliphatic carbocycles. The van der Waals surface area contributed by atoms with Gasteiger partial charge in [-0.3, -0.25) is 0 Å². The molecule has 1 nitrogen and oxygen atoms in total. The molecule has 0 spiro atoms. The first-order valence-electron chi connectivity index (χ1n) is 0.632. The van der Waals surface area contributed by atoms with Gasteiger partial charge in [0.25, 0.3) is 0 Å². The molecule has 0 bridgehead atoms. The molecule has 0 saturated heterocycles. The van der Waals surface area contributed by atoms with Gasteiger partial charge in [-0.15, -0.1) is 0 Å². The maximum Gasteiger partial charge on any atom is 1.00 e. The molecule has 1 N–H and O–H groups in total. The molecule has 0 aliphatic heterocycles. The second kappa shape index (κ2) is 5.11. The quantitative estimate of drug-likeness (QED) is 0.212. The molecular weight excluding hydrogens is 115 g/mol. The van der Waals surface area contributed by atoms with Crippen LogP contribution in [0.25, 0.3) is 0 Å². The summed E-state index contributed by atoms with van der Waals surface area (Å²) in [5.41, 5.74) is 0. The van der Waals surface area contributed by atoms with Crippen molar-refractivity contribution >= 4 is 29.2 Å². The average Bonchev–Trinajstić information content (AvgIpc) is 0.811. The van der Waals surface area contributed by atoms with Crippen LogP contribution >= 0.6 is 12.2 Å². The van der Waals surface area contributed by atoms with Crippen molar-refractivity contribution in [2.24, 2.45) is 0 Å². The van der Waals surface area contributed by atoms with E-state index in [4.69, 9.17) is 5.11 Å². The van der Waals surface area contributed by atoms with Crippen LogP contribution in [0.3, 0.4) is 0 Å². The minimum atomic E-state index is -0.417. The summed E-state index contributed by atoms with van der Waals surface area (Å²) in [6.07, 6.45) is 0. The number of aliphatic hydroxyl groups excluding tert-OH is 1. The second-order valence-electron chi connectivity index (χ2n) is 0.266. The van der Waals surface area contributed by atoms with Crippen LogP contribution in [0, 0.1) is 0 Å². The summed E-state index contributed by atoms with van der Waals surface area (Å²) in [7, 11) is 0. The summed E-state index contributed by atoms with van der Waals surface area (Å²) >= 11 is 7.81. The van der Waals surface area contributed by atoms with Crippen LogP contribution in [0.15, 0.2) is 0 Å². The fraction of sp³-hybridized carbons (Fsp3) is 0. The van der Waals surface area contributed by atoms with Gasteiger partial charge in [0.05, 0.1) is 0 Å². The Hall–Kier alpha value is 1.11. The number of aliphatic hydroxyl groups is 1. The molecule has 0 aromatic carbocycles. The number of rotatable bonds is 0. The molecule has 0 rings (SSSR count). The van der Waals surface area contributed by atoms with E-state index in [1.54, 1.807) is 0 Å². The van der Waals surface area contributed by atoms with Crippen LogP contribution in [0.5, 0.6) is 0 Å². The molecule has 0 aliphatic rings. The molecule has 0 radical (unpaired) electrons. The van der Waals surface area contributed by atoms with Gasteiger partial charge in [0.1, 0.15) is 0 Å². The molecule has 0 aromatic heterocycles. The Labute approximate surface area is 63.5 Å². The first-order valence-corrected chi connectivity index (χ1v) is 1.45. The van der Waals surface area contributed by atoms with Crippen LogP contribution in [0.1, 0.15) is 0 Å². The predicted octanol–water partition coefficient (Wildman–Crippen LogP) is -2.62. The molecule has 4 heteroatoms. The summed E-state index contributed by atoms with van der Waals surface area (Å²) in [6.45, 7) is 0. The number of hydrogen-bond acceptors (Lipinski definition) is 2. The van der Waals surface area contributed by atoms with Crippen molar-refractivity contribution in [3.63, 3.8) is 0 Å². The molecule has 24 valence electrons. The van der Waals surface area contributed by atoms with Crippen molar-refractivity contribution in [3.8, 4) is 0 Å². The van der Waals surface area contributed by atoms with Gasteiger partial charge >= 0.3 is 29.6 Å². The van der Waals surface area contributed by atoms with Crippen molar-refractivity contribution < 1.29 is 34.7 Å².